The quantitative estimate of drug-likeness (QED) is 0.740. The third-order valence-electron chi connectivity index (χ3n) is 1.27. The number of carbonyl (C=O) groups is 1. The molecule has 0 fully saturated rings. The normalized spacial score (nSPS) is 13.3. The summed E-state index contributed by atoms with van der Waals surface area (Å²) in [5.74, 6) is -0.932. The van der Waals surface area contributed by atoms with Crippen LogP contribution in [0.15, 0.2) is 0 Å². The van der Waals surface area contributed by atoms with E-state index in [0.29, 0.717) is 5.75 Å². The van der Waals surface area contributed by atoms with Gasteiger partial charge in [0.1, 0.15) is 0 Å². The van der Waals surface area contributed by atoms with Crippen molar-refractivity contribution in [1.82, 2.24) is 0 Å². The fraction of sp³-hybridized carbons (Fsp3) is 0.778. The van der Waals surface area contributed by atoms with Gasteiger partial charge in [0.05, 0.1) is 12.0 Å². The Kier molecular flexibility index (Phi) is 6.05. The van der Waals surface area contributed by atoms with Gasteiger partial charge in [0.25, 0.3) is 0 Å². The van der Waals surface area contributed by atoms with E-state index in [1.165, 1.54) is 10.8 Å². The van der Waals surface area contributed by atoms with E-state index in [2.05, 4.69) is 20.8 Å². The molecule has 0 heterocycles. The van der Waals surface area contributed by atoms with Crippen LogP contribution in [-0.2, 0) is 4.79 Å². The van der Waals surface area contributed by atoms with Crippen LogP contribution >= 0.6 is 21.6 Å². The lowest BCUT2D eigenvalue weighted by atomic mass is 10.1. The highest BCUT2D eigenvalue weighted by Gasteiger charge is 2.19. The Balaban J connectivity index is 3.85. The summed E-state index contributed by atoms with van der Waals surface area (Å²) in [4.78, 5) is 10.7. The third kappa shape index (κ3) is 7.10. The summed E-state index contributed by atoms with van der Waals surface area (Å²) < 4.78 is 0.125. The van der Waals surface area contributed by atoms with Crippen molar-refractivity contribution in [2.45, 2.75) is 31.9 Å². The minimum atomic E-state index is -0.881. The molecule has 80 valence electrons. The van der Waals surface area contributed by atoms with Crippen molar-refractivity contribution in [1.29, 1.82) is 5.26 Å². The summed E-state index contributed by atoms with van der Waals surface area (Å²) in [6.45, 7) is 6.22. The van der Waals surface area contributed by atoms with Crippen LogP contribution in [0.25, 0.3) is 0 Å². The zero-order chi connectivity index (χ0) is 11.2. The predicted molar refractivity (Wildman–Crippen MR) is 61.2 cm³/mol. The zero-order valence-corrected chi connectivity index (χ0v) is 10.2. The number of hydrogen-bond acceptors (Lipinski definition) is 4. The molecule has 3 nitrogen and oxygen atoms in total. The topological polar surface area (TPSA) is 61.1 Å². The number of carboxylic acids is 1. The lowest BCUT2D eigenvalue weighted by molar-refractivity contribution is -0.140. The van der Waals surface area contributed by atoms with E-state index in [1.807, 2.05) is 6.07 Å². The molecule has 1 N–H and O–H groups in total. The highest BCUT2D eigenvalue weighted by Crippen LogP contribution is 2.36. The minimum Gasteiger partial charge on any atom is -0.481 e. The number of aliphatic carboxylic acids is 1. The first kappa shape index (κ1) is 13.7. The number of hydrogen-bond donors (Lipinski definition) is 1. The third-order valence-corrected chi connectivity index (χ3v) is 4.68. The lowest BCUT2D eigenvalue weighted by Gasteiger charge is -2.17. The van der Waals surface area contributed by atoms with Crippen LogP contribution in [0.5, 0.6) is 0 Å². The molecule has 0 aromatic rings. The minimum absolute atomic E-state index is 0.0903. The fourth-order valence-corrected chi connectivity index (χ4v) is 3.22. The van der Waals surface area contributed by atoms with E-state index < -0.39 is 11.9 Å². The SMILES string of the molecule is CC(C)(C)SSC[C@H](CC#N)C(=O)O. The first-order chi connectivity index (χ1) is 6.37. The van der Waals surface area contributed by atoms with Gasteiger partial charge in [0, 0.05) is 16.9 Å². The molecule has 0 aliphatic carbocycles. The van der Waals surface area contributed by atoms with Gasteiger partial charge < -0.3 is 5.11 Å². The summed E-state index contributed by atoms with van der Waals surface area (Å²) >= 11 is 0. The molecule has 0 aliphatic rings. The molecular weight excluding hydrogens is 218 g/mol. The van der Waals surface area contributed by atoms with Crippen LogP contribution in [-0.4, -0.2) is 21.6 Å². The van der Waals surface area contributed by atoms with Crippen molar-refractivity contribution >= 4 is 27.6 Å². The molecule has 14 heavy (non-hydrogen) atoms. The van der Waals surface area contributed by atoms with E-state index in [-0.39, 0.29) is 11.2 Å². The molecule has 0 aromatic heterocycles. The summed E-state index contributed by atoms with van der Waals surface area (Å²) in [5.41, 5.74) is 0. The van der Waals surface area contributed by atoms with Gasteiger partial charge >= 0.3 is 5.97 Å². The van der Waals surface area contributed by atoms with E-state index in [1.54, 1.807) is 10.8 Å². The van der Waals surface area contributed by atoms with Gasteiger partial charge in [0.15, 0.2) is 0 Å². The Morgan fingerprint density at radius 1 is 1.57 bits per heavy atom. The summed E-state index contributed by atoms with van der Waals surface area (Å²) in [7, 11) is 3.17. The van der Waals surface area contributed by atoms with Gasteiger partial charge in [-0.15, -0.1) is 0 Å². The van der Waals surface area contributed by atoms with Gasteiger partial charge in [-0.2, -0.15) is 5.26 Å². The maximum atomic E-state index is 10.7. The second-order valence-corrected chi connectivity index (χ2v) is 7.05. The van der Waals surface area contributed by atoms with Crippen LogP contribution in [0.2, 0.25) is 0 Å². The van der Waals surface area contributed by atoms with Crippen molar-refractivity contribution in [2.24, 2.45) is 5.92 Å². The average Bonchev–Trinajstić information content (AvgIpc) is 2.00. The number of nitriles is 1. The molecule has 0 aliphatic heterocycles. The zero-order valence-electron chi connectivity index (χ0n) is 8.61. The Bertz CT molecular complexity index is 230. The first-order valence-corrected chi connectivity index (χ1v) is 6.59. The van der Waals surface area contributed by atoms with Crippen molar-refractivity contribution in [3.8, 4) is 6.07 Å². The molecular formula is C9H15NO2S2. The van der Waals surface area contributed by atoms with E-state index in [4.69, 9.17) is 10.4 Å². The van der Waals surface area contributed by atoms with Gasteiger partial charge in [-0.05, 0) is 0 Å². The van der Waals surface area contributed by atoms with Gasteiger partial charge in [-0.3, -0.25) is 4.79 Å². The van der Waals surface area contributed by atoms with Crippen LogP contribution in [0.1, 0.15) is 27.2 Å². The Labute approximate surface area is 92.7 Å². The van der Waals surface area contributed by atoms with Crippen molar-refractivity contribution in [3.05, 3.63) is 0 Å². The number of carboxylic acid groups (broad SMARTS) is 1. The Morgan fingerprint density at radius 3 is 2.50 bits per heavy atom. The van der Waals surface area contributed by atoms with Crippen molar-refractivity contribution in [3.63, 3.8) is 0 Å². The molecule has 0 saturated heterocycles. The highest BCUT2D eigenvalue weighted by atomic mass is 33.1. The van der Waals surface area contributed by atoms with Gasteiger partial charge in [-0.1, -0.05) is 42.4 Å². The maximum absolute atomic E-state index is 10.7. The summed E-state index contributed by atoms with van der Waals surface area (Å²) in [6, 6.07) is 1.89. The summed E-state index contributed by atoms with van der Waals surface area (Å²) in [6.07, 6.45) is 0.0903. The summed E-state index contributed by atoms with van der Waals surface area (Å²) in [5, 5.41) is 17.2. The number of nitrogens with zero attached hydrogens (tertiary/aromatic N) is 1. The molecule has 0 rings (SSSR count). The molecule has 0 spiro atoms. The monoisotopic (exact) mass is 233 g/mol. The lowest BCUT2D eigenvalue weighted by Crippen LogP contribution is -2.16. The van der Waals surface area contributed by atoms with Crippen molar-refractivity contribution in [2.75, 3.05) is 5.75 Å². The molecule has 0 unspecified atom stereocenters. The fourth-order valence-electron chi connectivity index (χ4n) is 0.621. The highest BCUT2D eigenvalue weighted by molar-refractivity contribution is 8.77. The second-order valence-electron chi connectivity index (χ2n) is 3.88. The van der Waals surface area contributed by atoms with E-state index in [0.717, 1.165) is 0 Å². The largest absolute Gasteiger partial charge is 0.481 e. The molecule has 0 radical (unpaired) electrons. The van der Waals surface area contributed by atoms with E-state index >= 15 is 0 Å². The molecule has 1 atom stereocenters. The van der Waals surface area contributed by atoms with Crippen LogP contribution < -0.4 is 0 Å². The van der Waals surface area contributed by atoms with Crippen LogP contribution in [0.3, 0.4) is 0 Å². The molecule has 0 aromatic carbocycles. The molecule has 5 heteroatoms. The second kappa shape index (κ2) is 6.20. The van der Waals surface area contributed by atoms with E-state index in [9.17, 15) is 4.79 Å². The Morgan fingerprint density at radius 2 is 2.14 bits per heavy atom. The Hall–Kier alpha value is -0.340. The van der Waals surface area contributed by atoms with Crippen LogP contribution in [0.4, 0.5) is 0 Å². The number of rotatable bonds is 5. The van der Waals surface area contributed by atoms with Crippen molar-refractivity contribution < 1.29 is 9.90 Å². The molecule has 0 bridgehead atoms. The first-order valence-electron chi connectivity index (χ1n) is 4.27. The maximum Gasteiger partial charge on any atom is 0.308 e. The van der Waals surface area contributed by atoms with Gasteiger partial charge in [0.2, 0.25) is 0 Å². The molecule has 0 amide bonds. The standard InChI is InChI=1S/C9H15NO2S2/c1-9(2,3)14-13-6-7(4-5-10)8(11)12/h7H,4,6H2,1-3H3,(H,11,12)/t7-/m0/s1. The predicted octanol–water partition coefficient (Wildman–Crippen LogP) is 2.78. The smallest absolute Gasteiger partial charge is 0.308 e. The van der Waals surface area contributed by atoms with Crippen LogP contribution in [0, 0.1) is 17.2 Å². The molecule has 0 saturated carbocycles. The average molecular weight is 233 g/mol. The van der Waals surface area contributed by atoms with Gasteiger partial charge in [-0.25, -0.2) is 0 Å².